The first-order valence-corrected chi connectivity index (χ1v) is 14.1. The third-order valence-corrected chi connectivity index (χ3v) is 8.21. The molecule has 5 rings (SSSR count). The Kier molecular flexibility index (Phi) is 7.86. The molecule has 2 aromatic heterocycles. The van der Waals surface area contributed by atoms with Crippen LogP contribution in [-0.4, -0.2) is 18.1 Å². The maximum atomic E-state index is 4.47. The van der Waals surface area contributed by atoms with Crippen molar-refractivity contribution in [1.82, 2.24) is 4.98 Å². The van der Waals surface area contributed by atoms with Gasteiger partial charge in [-0.05, 0) is 92.8 Å². The van der Waals surface area contributed by atoms with Crippen LogP contribution in [0.3, 0.4) is 0 Å². The highest BCUT2D eigenvalue weighted by atomic mass is 32.1. The lowest BCUT2D eigenvalue weighted by Gasteiger charge is -2.14. The van der Waals surface area contributed by atoms with Crippen LogP contribution in [0.4, 0.5) is 37.9 Å². The second-order valence-corrected chi connectivity index (χ2v) is 11.1. The molecule has 1 aliphatic heterocycles. The molecule has 0 unspecified atom stereocenters. The second kappa shape index (κ2) is 11.6. The van der Waals surface area contributed by atoms with Crippen LogP contribution in [0.2, 0.25) is 0 Å². The molecule has 2 N–H and O–H groups in total. The van der Waals surface area contributed by atoms with Crippen molar-refractivity contribution in [2.45, 2.75) is 40.0 Å². The molecule has 0 atom stereocenters. The summed E-state index contributed by atoms with van der Waals surface area (Å²) >= 11 is 3.33. The van der Waals surface area contributed by atoms with Gasteiger partial charge in [0, 0.05) is 24.2 Å². The molecule has 2 aromatic carbocycles. The number of rotatable bonds is 9. The Morgan fingerprint density at radius 1 is 0.838 bits per heavy atom. The van der Waals surface area contributed by atoms with Crippen molar-refractivity contribution < 1.29 is 0 Å². The van der Waals surface area contributed by atoms with Crippen LogP contribution in [0.5, 0.6) is 0 Å². The number of hydrogen-bond acceptors (Lipinski definition) is 10. The minimum Gasteiger partial charge on any atom is -0.363 e. The van der Waals surface area contributed by atoms with Gasteiger partial charge in [0.15, 0.2) is 0 Å². The maximum absolute atomic E-state index is 4.47. The SMILES string of the molecule is CCc1cnc(N=Nc2ccc(N=Nc3ccc(NNc4ccc(N5CCCC5)s4)cc3C)cc2C)s1. The fourth-order valence-corrected chi connectivity index (χ4v) is 5.59. The van der Waals surface area contributed by atoms with E-state index in [1.54, 1.807) is 22.7 Å². The third-order valence-electron chi connectivity index (χ3n) is 6.12. The zero-order valence-corrected chi connectivity index (χ0v) is 22.9. The number of thiazole rings is 1. The Balaban J connectivity index is 1.18. The number of thiophene rings is 1. The lowest BCUT2D eigenvalue weighted by atomic mass is 10.2. The molecular formula is C27H30N8S2. The fourth-order valence-electron chi connectivity index (χ4n) is 4.01. The highest BCUT2D eigenvalue weighted by Gasteiger charge is 2.14. The Labute approximate surface area is 225 Å². The average Bonchev–Trinajstić information content (AvgIpc) is 3.68. The maximum Gasteiger partial charge on any atom is 0.230 e. The first-order valence-electron chi connectivity index (χ1n) is 12.4. The third kappa shape index (κ3) is 6.39. The van der Waals surface area contributed by atoms with E-state index in [2.05, 4.69) is 66.3 Å². The van der Waals surface area contributed by atoms with E-state index in [0.717, 1.165) is 58.4 Å². The van der Waals surface area contributed by atoms with Gasteiger partial charge >= 0.3 is 0 Å². The molecule has 10 heteroatoms. The molecule has 1 saturated heterocycles. The van der Waals surface area contributed by atoms with Crippen molar-refractivity contribution in [3.05, 3.63) is 70.7 Å². The van der Waals surface area contributed by atoms with E-state index in [9.17, 15) is 0 Å². The summed E-state index contributed by atoms with van der Waals surface area (Å²) in [6.45, 7) is 8.45. The minimum atomic E-state index is 0.672. The minimum absolute atomic E-state index is 0.672. The average molecular weight is 531 g/mol. The molecule has 190 valence electrons. The van der Waals surface area contributed by atoms with E-state index in [-0.39, 0.29) is 0 Å². The van der Waals surface area contributed by atoms with Gasteiger partial charge in [0.05, 0.1) is 27.8 Å². The van der Waals surface area contributed by atoms with Crippen LogP contribution in [0.1, 0.15) is 35.8 Å². The van der Waals surface area contributed by atoms with Gasteiger partial charge in [-0.15, -0.1) is 10.2 Å². The van der Waals surface area contributed by atoms with Crippen molar-refractivity contribution in [3.8, 4) is 0 Å². The van der Waals surface area contributed by atoms with E-state index >= 15 is 0 Å². The van der Waals surface area contributed by atoms with Crippen LogP contribution in [0.15, 0.2) is 75.2 Å². The van der Waals surface area contributed by atoms with E-state index in [1.165, 1.54) is 22.7 Å². The summed E-state index contributed by atoms with van der Waals surface area (Å²) in [6, 6.07) is 16.1. The van der Waals surface area contributed by atoms with Crippen molar-refractivity contribution in [3.63, 3.8) is 0 Å². The quantitative estimate of drug-likeness (QED) is 0.167. The molecule has 0 saturated carbocycles. The van der Waals surface area contributed by atoms with Gasteiger partial charge in [-0.25, -0.2) is 4.98 Å². The molecule has 4 aromatic rings. The van der Waals surface area contributed by atoms with Crippen LogP contribution in [0.25, 0.3) is 0 Å². The molecule has 0 radical (unpaired) electrons. The van der Waals surface area contributed by atoms with E-state index < -0.39 is 0 Å². The highest BCUT2D eigenvalue weighted by molar-refractivity contribution is 7.20. The lowest BCUT2D eigenvalue weighted by molar-refractivity contribution is 0.949. The van der Waals surface area contributed by atoms with Crippen LogP contribution in [0, 0.1) is 13.8 Å². The molecule has 0 amide bonds. The smallest absolute Gasteiger partial charge is 0.230 e. The molecule has 0 spiro atoms. The summed E-state index contributed by atoms with van der Waals surface area (Å²) in [5.41, 5.74) is 12.0. The topological polar surface area (TPSA) is 89.6 Å². The van der Waals surface area contributed by atoms with Crippen molar-refractivity contribution in [2.24, 2.45) is 20.5 Å². The van der Waals surface area contributed by atoms with Gasteiger partial charge in [-0.1, -0.05) is 29.6 Å². The molecule has 1 aliphatic rings. The van der Waals surface area contributed by atoms with E-state index in [0.29, 0.717) is 5.13 Å². The fraction of sp³-hybridized carbons (Fsp3) is 0.296. The zero-order valence-electron chi connectivity index (χ0n) is 21.2. The Morgan fingerprint density at radius 3 is 2.32 bits per heavy atom. The standard InChI is InChI=1S/C27H30N8S2/c1-4-22-17-28-27(36-22)34-32-24-10-7-20(15-19(24)3)29-31-23-9-8-21(16-18(23)2)30-33-25-11-12-26(37-25)35-13-5-6-14-35/h7-12,15-17,30,33H,4-6,13-14H2,1-3H3. The molecular weight excluding hydrogens is 500 g/mol. The summed E-state index contributed by atoms with van der Waals surface area (Å²) in [4.78, 5) is 7.93. The molecule has 0 bridgehead atoms. The summed E-state index contributed by atoms with van der Waals surface area (Å²) in [7, 11) is 0. The van der Waals surface area contributed by atoms with Crippen molar-refractivity contribution >= 4 is 60.6 Å². The van der Waals surface area contributed by atoms with Crippen molar-refractivity contribution in [2.75, 3.05) is 28.8 Å². The van der Waals surface area contributed by atoms with Gasteiger partial charge in [0.2, 0.25) is 5.13 Å². The number of hydrogen-bond donors (Lipinski definition) is 2. The van der Waals surface area contributed by atoms with Gasteiger partial charge in [-0.3, -0.25) is 5.43 Å². The first-order chi connectivity index (χ1) is 18.1. The summed E-state index contributed by atoms with van der Waals surface area (Å²) in [5.74, 6) is 0. The summed E-state index contributed by atoms with van der Waals surface area (Å²) < 4.78 is 0. The Bertz CT molecular complexity index is 1420. The molecule has 1 fully saturated rings. The van der Waals surface area contributed by atoms with Gasteiger partial charge in [0.25, 0.3) is 0 Å². The van der Waals surface area contributed by atoms with E-state index in [1.807, 2.05) is 50.4 Å². The van der Waals surface area contributed by atoms with Crippen LogP contribution < -0.4 is 15.8 Å². The number of nitrogens with one attached hydrogen (secondary N) is 2. The molecule has 3 heterocycles. The second-order valence-electron chi connectivity index (χ2n) is 8.92. The van der Waals surface area contributed by atoms with Gasteiger partial charge in [0.1, 0.15) is 5.00 Å². The Morgan fingerprint density at radius 2 is 1.59 bits per heavy atom. The largest absolute Gasteiger partial charge is 0.363 e. The first kappa shape index (κ1) is 25.0. The van der Waals surface area contributed by atoms with E-state index in [4.69, 9.17) is 0 Å². The molecule has 8 nitrogen and oxygen atoms in total. The lowest BCUT2D eigenvalue weighted by Crippen LogP contribution is -2.15. The number of aromatic nitrogens is 1. The van der Waals surface area contributed by atoms with Gasteiger partial charge < -0.3 is 10.3 Å². The predicted octanol–water partition coefficient (Wildman–Crippen LogP) is 9.25. The van der Waals surface area contributed by atoms with Crippen LogP contribution >= 0.6 is 22.7 Å². The van der Waals surface area contributed by atoms with Crippen molar-refractivity contribution in [1.29, 1.82) is 0 Å². The number of hydrazine groups is 1. The molecule has 37 heavy (non-hydrogen) atoms. The Hall–Kier alpha value is -3.63. The monoisotopic (exact) mass is 530 g/mol. The number of azo groups is 2. The summed E-state index contributed by atoms with van der Waals surface area (Å²) in [6.07, 6.45) is 5.38. The predicted molar refractivity (Wildman–Crippen MR) is 155 cm³/mol. The highest BCUT2D eigenvalue weighted by Crippen LogP contribution is 2.33. The number of nitrogens with zero attached hydrogens (tertiary/aromatic N) is 6. The van der Waals surface area contributed by atoms with Gasteiger partial charge in [-0.2, -0.15) is 10.2 Å². The number of aryl methyl sites for hydroxylation is 3. The number of anilines is 3. The molecule has 0 aliphatic carbocycles. The summed E-state index contributed by atoms with van der Waals surface area (Å²) in [5, 5.41) is 20.6. The normalized spacial score (nSPS) is 13.8. The number of benzene rings is 2. The zero-order chi connectivity index (χ0) is 25.6. The van der Waals surface area contributed by atoms with Crippen LogP contribution in [-0.2, 0) is 6.42 Å².